The molecule has 1 unspecified atom stereocenters. The zero-order chi connectivity index (χ0) is 13.4. The number of hydrogen-bond donors (Lipinski definition) is 1. The minimum atomic E-state index is -0.893. The molecule has 0 aliphatic carbocycles. The van der Waals surface area contributed by atoms with Gasteiger partial charge in [0.05, 0.1) is 13.0 Å². The Morgan fingerprint density at radius 2 is 1.94 bits per heavy atom. The average Bonchev–Trinajstić information content (AvgIpc) is 2.35. The van der Waals surface area contributed by atoms with Gasteiger partial charge < -0.3 is 9.84 Å². The lowest BCUT2D eigenvalue weighted by Gasteiger charge is -2.15. The van der Waals surface area contributed by atoms with Crippen molar-refractivity contribution in [2.45, 2.75) is 32.1 Å². The van der Waals surface area contributed by atoms with Gasteiger partial charge in [-0.3, -0.25) is 9.59 Å². The lowest BCUT2D eigenvalue weighted by atomic mass is 9.97. The van der Waals surface area contributed by atoms with E-state index in [1.54, 1.807) is 0 Å². The second kappa shape index (κ2) is 7.48. The van der Waals surface area contributed by atoms with Crippen molar-refractivity contribution in [3.63, 3.8) is 0 Å². The Hall–Kier alpha value is -1.84. The van der Waals surface area contributed by atoms with Crippen LogP contribution in [0.1, 0.15) is 37.7 Å². The molecule has 0 spiro atoms. The molecule has 98 valence electrons. The summed E-state index contributed by atoms with van der Waals surface area (Å²) in [4.78, 5) is 22.1. The van der Waals surface area contributed by atoms with Crippen LogP contribution >= 0.6 is 0 Å². The van der Waals surface area contributed by atoms with Gasteiger partial charge in [0.2, 0.25) is 0 Å². The number of carbonyl (C=O) groups is 2. The first-order valence-electron chi connectivity index (χ1n) is 6.05. The molecule has 18 heavy (non-hydrogen) atoms. The number of carboxylic acids is 1. The number of benzene rings is 1. The highest BCUT2D eigenvalue weighted by Crippen LogP contribution is 2.20. The van der Waals surface area contributed by atoms with Crippen LogP contribution in [0, 0.1) is 0 Å². The number of ether oxygens (including phenoxy) is 1. The minimum Gasteiger partial charge on any atom is -0.481 e. The summed E-state index contributed by atoms with van der Waals surface area (Å²) in [5, 5.41) is 8.87. The first-order valence-corrected chi connectivity index (χ1v) is 6.05. The summed E-state index contributed by atoms with van der Waals surface area (Å²) in [7, 11) is 0. The maximum absolute atomic E-state index is 11.3. The van der Waals surface area contributed by atoms with Crippen molar-refractivity contribution in [1.82, 2.24) is 0 Å². The molecule has 0 aliphatic rings. The molecule has 4 nitrogen and oxygen atoms in total. The van der Waals surface area contributed by atoms with Crippen molar-refractivity contribution in [3.8, 4) is 0 Å². The van der Waals surface area contributed by atoms with E-state index < -0.39 is 5.97 Å². The molecule has 1 rings (SSSR count). The molecule has 0 bridgehead atoms. The van der Waals surface area contributed by atoms with Gasteiger partial charge in [-0.1, -0.05) is 37.3 Å². The van der Waals surface area contributed by atoms with Crippen LogP contribution in [0.2, 0.25) is 0 Å². The first kappa shape index (κ1) is 14.2. The predicted molar refractivity (Wildman–Crippen MR) is 67.3 cm³/mol. The van der Waals surface area contributed by atoms with Crippen LogP contribution in [0.15, 0.2) is 30.3 Å². The fraction of sp³-hybridized carbons (Fsp3) is 0.429. The van der Waals surface area contributed by atoms with Crippen LogP contribution in [0.3, 0.4) is 0 Å². The zero-order valence-corrected chi connectivity index (χ0v) is 10.5. The van der Waals surface area contributed by atoms with Crippen molar-refractivity contribution >= 4 is 11.9 Å². The van der Waals surface area contributed by atoms with Crippen molar-refractivity contribution in [2.75, 3.05) is 6.61 Å². The van der Waals surface area contributed by atoms with E-state index >= 15 is 0 Å². The normalized spacial score (nSPS) is 11.8. The second-order valence-corrected chi connectivity index (χ2v) is 4.14. The van der Waals surface area contributed by atoms with E-state index in [1.807, 2.05) is 37.3 Å². The average molecular weight is 250 g/mol. The van der Waals surface area contributed by atoms with E-state index in [4.69, 9.17) is 9.84 Å². The number of carbonyl (C=O) groups excluding carboxylic acids is 1. The van der Waals surface area contributed by atoms with Crippen LogP contribution < -0.4 is 0 Å². The minimum absolute atomic E-state index is 0.0383. The molecule has 1 N–H and O–H groups in total. The van der Waals surface area contributed by atoms with Gasteiger partial charge >= 0.3 is 11.9 Å². The standard InChI is InChI=1S/C14H18O4/c1-2-6-14(17)18-10-12(9-13(15)16)11-7-4-3-5-8-11/h3-5,7-8,12H,2,6,9-10H2,1H3,(H,15,16). The third kappa shape index (κ3) is 4.99. The Labute approximate surface area is 107 Å². The summed E-state index contributed by atoms with van der Waals surface area (Å²) < 4.78 is 5.10. The van der Waals surface area contributed by atoms with E-state index in [2.05, 4.69) is 0 Å². The Morgan fingerprint density at radius 1 is 1.28 bits per heavy atom. The third-order valence-electron chi connectivity index (χ3n) is 2.59. The molecule has 1 aromatic rings. The number of hydrogen-bond acceptors (Lipinski definition) is 3. The van der Waals surface area contributed by atoms with E-state index in [-0.39, 0.29) is 24.9 Å². The summed E-state index contributed by atoms with van der Waals surface area (Å²) in [5.74, 6) is -1.45. The molecular formula is C14H18O4. The van der Waals surface area contributed by atoms with E-state index in [0.29, 0.717) is 6.42 Å². The predicted octanol–water partition coefficient (Wildman–Crippen LogP) is 2.59. The van der Waals surface area contributed by atoms with Crippen LogP contribution in [-0.2, 0) is 14.3 Å². The van der Waals surface area contributed by atoms with Crippen LogP contribution in [0.4, 0.5) is 0 Å². The molecule has 0 amide bonds. The summed E-state index contributed by atoms with van der Waals surface area (Å²) in [6, 6.07) is 9.25. The number of rotatable bonds is 7. The van der Waals surface area contributed by atoms with Crippen LogP contribution in [-0.4, -0.2) is 23.7 Å². The highest BCUT2D eigenvalue weighted by atomic mass is 16.5. The van der Waals surface area contributed by atoms with Crippen molar-refractivity contribution in [1.29, 1.82) is 0 Å². The monoisotopic (exact) mass is 250 g/mol. The molecule has 0 aliphatic heterocycles. The number of carboxylic acid groups (broad SMARTS) is 1. The SMILES string of the molecule is CCCC(=O)OCC(CC(=O)O)c1ccccc1. The Bertz CT molecular complexity index is 386. The molecule has 1 aromatic carbocycles. The maximum Gasteiger partial charge on any atom is 0.305 e. The van der Waals surface area contributed by atoms with E-state index in [0.717, 1.165) is 12.0 Å². The van der Waals surface area contributed by atoms with Crippen molar-refractivity contribution in [2.24, 2.45) is 0 Å². The molecule has 1 atom stereocenters. The highest BCUT2D eigenvalue weighted by Gasteiger charge is 2.17. The van der Waals surface area contributed by atoms with E-state index in [9.17, 15) is 9.59 Å². The summed E-state index contributed by atoms with van der Waals surface area (Å²) in [5.41, 5.74) is 0.879. The third-order valence-corrected chi connectivity index (χ3v) is 2.59. The smallest absolute Gasteiger partial charge is 0.305 e. The van der Waals surface area contributed by atoms with Crippen molar-refractivity contribution < 1.29 is 19.4 Å². The molecule has 0 heterocycles. The lowest BCUT2D eigenvalue weighted by molar-refractivity contribution is -0.146. The van der Waals surface area contributed by atoms with Gasteiger partial charge in [-0.25, -0.2) is 0 Å². The summed E-state index contributed by atoms with van der Waals surface area (Å²) in [6.07, 6.45) is 1.06. The molecule has 0 saturated heterocycles. The highest BCUT2D eigenvalue weighted by molar-refractivity contribution is 5.70. The topological polar surface area (TPSA) is 63.6 Å². The van der Waals surface area contributed by atoms with Gasteiger partial charge in [0.15, 0.2) is 0 Å². The van der Waals surface area contributed by atoms with Gasteiger partial charge in [-0.2, -0.15) is 0 Å². The largest absolute Gasteiger partial charge is 0.481 e. The number of esters is 1. The lowest BCUT2D eigenvalue weighted by Crippen LogP contribution is -2.15. The molecule has 4 heteroatoms. The Balaban J connectivity index is 2.62. The molecule has 0 radical (unpaired) electrons. The number of aliphatic carboxylic acids is 1. The quantitative estimate of drug-likeness (QED) is 0.755. The summed E-state index contributed by atoms with van der Waals surface area (Å²) >= 11 is 0. The molecule has 0 fully saturated rings. The van der Waals surface area contributed by atoms with Crippen LogP contribution in [0.5, 0.6) is 0 Å². The zero-order valence-electron chi connectivity index (χ0n) is 10.5. The fourth-order valence-corrected chi connectivity index (χ4v) is 1.68. The first-order chi connectivity index (χ1) is 8.63. The molecule has 0 aromatic heterocycles. The van der Waals surface area contributed by atoms with Gasteiger partial charge in [0.25, 0.3) is 0 Å². The van der Waals surface area contributed by atoms with E-state index in [1.165, 1.54) is 0 Å². The Morgan fingerprint density at radius 3 is 2.50 bits per heavy atom. The van der Waals surface area contributed by atoms with Gasteiger partial charge in [-0.05, 0) is 12.0 Å². The maximum atomic E-state index is 11.3. The van der Waals surface area contributed by atoms with Gasteiger partial charge in [-0.15, -0.1) is 0 Å². The second-order valence-electron chi connectivity index (χ2n) is 4.14. The van der Waals surface area contributed by atoms with Gasteiger partial charge in [0.1, 0.15) is 0 Å². The molecular weight excluding hydrogens is 232 g/mol. The van der Waals surface area contributed by atoms with Crippen LogP contribution in [0.25, 0.3) is 0 Å². The Kier molecular flexibility index (Phi) is 5.91. The molecule has 0 saturated carbocycles. The summed E-state index contributed by atoms with van der Waals surface area (Å²) in [6.45, 7) is 2.02. The van der Waals surface area contributed by atoms with Crippen molar-refractivity contribution in [3.05, 3.63) is 35.9 Å². The fourth-order valence-electron chi connectivity index (χ4n) is 1.68. The van der Waals surface area contributed by atoms with Gasteiger partial charge in [0, 0.05) is 12.3 Å².